The van der Waals surface area contributed by atoms with Gasteiger partial charge in [0.15, 0.2) is 0 Å². The van der Waals surface area contributed by atoms with Crippen LogP contribution in [-0.4, -0.2) is 31.0 Å². The Bertz CT molecular complexity index is 1270. The number of hydrogen-bond donors (Lipinski definition) is 3. The Morgan fingerprint density at radius 2 is 1.30 bits per heavy atom. The summed E-state index contributed by atoms with van der Waals surface area (Å²) in [6, 6.07) is 11.3. The van der Waals surface area contributed by atoms with Gasteiger partial charge in [-0.15, -0.1) is 5.11 Å². The van der Waals surface area contributed by atoms with Crippen molar-refractivity contribution < 1.29 is 31.0 Å². The van der Waals surface area contributed by atoms with E-state index in [1.54, 1.807) is 0 Å². The lowest BCUT2D eigenvalue weighted by Crippen LogP contribution is -1.97. The van der Waals surface area contributed by atoms with Crippen LogP contribution in [0.1, 0.15) is 0 Å². The summed E-state index contributed by atoms with van der Waals surface area (Å²) in [4.78, 5) is -0.642. The highest BCUT2D eigenvalue weighted by Crippen LogP contribution is 2.33. The van der Waals surface area contributed by atoms with E-state index in [1.165, 1.54) is 42.5 Å². The highest BCUT2D eigenvalue weighted by atomic mass is 32.2. The number of phenols is 1. The summed E-state index contributed by atoms with van der Waals surface area (Å²) in [7, 11) is -8.75. The average molecular weight is 408 g/mol. The van der Waals surface area contributed by atoms with E-state index in [9.17, 15) is 26.5 Å². The molecule has 0 heterocycles. The predicted octanol–water partition coefficient (Wildman–Crippen LogP) is 3.45. The smallest absolute Gasteiger partial charge is 0.294 e. The molecule has 0 saturated carbocycles. The summed E-state index contributed by atoms with van der Waals surface area (Å²) in [6.45, 7) is 0. The molecule has 27 heavy (non-hydrogen) atoms. The molecule has 3 aromatic rings. The van der Waals surface area contributed by atoms with E-state index in [0.717, 1.165) is 12.1 Å². The summed E-state index contributed by atoms with van der Waals surface area (Å²) >= 11 is 0. The first-order valence-electron chi connectivity index (χ1n) is 7.27. The molecule has 0 radical (unpaired) electrons. The van der Waals surface area contributed by atoms with E-state index < -0.39 is 20.2 Å². The van der Waals surface area contributed by atoms with Crippen LogP contribution in [-0.2, 0) is 20.2 Å². The number of benzene rings is 3. The van der Waals surface area contributed by atoms with Crippen LogP contribution < -0.4 is 0 Å². The molecule has 3 rings (SSSR count). The molecule has 0 aliphatic carbocycles. The van der Waals surface area contributed by atoms with Gasteiger partial charge in [0.1, 0.15) is 5.75 Å². The standard InChI is InChI=1S/C16H12N2O7S2/c19-12-7-10-1-4-14(27(23,24)25)9-15(10)16(8-12)18-17-11-2-5-13(6-3-11)26(20,21)22/h1-9,19H,(H,20,21,22)(H,23,24,25). The highest BCUT2D eigenvalue weighted by molar-refractivity contribution is 7.86. The molecule has 0 amide bonds. The fraction of sp³-hybridized carbons (Fsp3) is 0. The molecule has 11 heteroatoms. The minimum Gasteiger partial charge on any atom is -0.508 e. The van der Waals surface area contributed by atoms with Crippen LogP contribution in [0.25, 0.3) is 10.8 Å². The topological polar surface area (TPSA) is 154 Å². The lowest BCUT2D eigenvalue weighted by Gasteiger charge is -2.05. The van der Waals surface area contributed by atoms with Gasteiger partial charge in [-0.05, 0) is 47.9 Å². The van der Waals surface area contributed by atoms with Gasteiger partial charge in [0, 0.05) is 11.5 Å². The molecular formula is C16H12N2O7S2. The second-order valence-electron chi connectivity index (χ2n) is 5.49. The maximum atomic E-state index is 11.3. The van der Waals surface area contributed by atoms with Gasteiger partial charge in [-0.2, -0.15) is 21.9 Å². The van der Waals surface area contributed by atoms with Crippen LogP contribution in [0.15, 0.2) is 74.6 Å². The molecule has 0 bridgehead atoms. The van der Waals surface area contributed by atoms with E-state index in [-0.39, 0.29) is 26.9 Å². The van der Waals surface area contributed by atoms with Crippen molar-refractivity contribution in [2.45, 2.75) is 9.79 Å². The van der Waals surface area contributed by atoms with Crippen LogP contribution in [0.3, 0.4) is 0 Å². The molecule has 140 valence electrons. The number of nitrogens with zero attached hydrogens (tertiary/aromatic N) is 2. The Balaban J connectivity index is 2.06. The van der Waals surface area contributed by atoms with Crippen molar-refractivity contribution in [1.29, 1.82) is 0 Å². The van der Waals surface area contributed by atoms with E-state index in [0.29, 0.717) is 10.8 Å². The van der Waals surface area contributed by atoms with Crippen molar-refractivity contribution in [2.24, 2.45) is 10.2 Å². The van der Waals surface area contributed by atoms with Gasteiger partial charge in [0.2, 0.25) is 0 Å². The largest absolute Gasteiger partial charge is 0.508 e. The first kappa shape index (κ1) is 18.9. The first-order chi connectivity index (χ1) is 12.5. The number of fused-ring (bicyclic) bond motifs is 1. The normalized spacial score (nSPS) is 12.7. The van der Waals surface area contributed by atoms with Crippen molar-refractivity contribution in [3.05, 3.63) is 54.6 Å². The third kappa shape index (κ3) is 4.28. The SMILES string of the molecule is O=S(=O)(O)c1ccc(N=Nc2cc(O)cc3ccc(S(=O)(=O)O)cc23)cc1. The first-order valence-corrected chi connectivity index (χ1v) is 10.2. The van der Waals surface area contributed by atoms with Crippen molar-refractivity contribution in [1.82, 2.24) is 0 Å². The lowest BCUT2D eigenvalue weighted by atomic mass is 10.1. The predicted molar refractivity (Wildman–Crippen MR) is 95.9 cm³/mol. The molecule has 0 saturated heterocycles. The number of aromatic hydroxyl groups is 1. The van der Waals surface area contributed by atoms with Crippen molar-refractivity contribution >= 4 is 42.4 Å². The minimum atomic E-state index is -4.42. The number of hydrogen-bond acceptors (Lipinski definition) is 7. The molecule has 0 spiro atoms. The summed E-state index contributed by atoms with van der Waals surface area (Å²) in [5.74, 6) is -0.127. The van der Waals surface area contributed by atoms with E-state index in [1.807, 2.05) is 0 Å². The monoisotopic (exact) mass is 408 g/mol. The van der Waals surface area contributed by atoms with E-state index >= 15 is 0 Å². The average Bonchev–Trinajstić information content (AvgIpc) is 2.58. The van der Waals surface area contributed by atoms with Gasteiger partial charge in [-0.25, -0.2) is 0 Å². The number of rotatable bonds is 4. The summed E-state index contributed by atoms with van der Waals surface area (Å²) in [5.41, 5.74) is 0.388. The van der Waals surface area contributed by atoms with Crippen molar-refractivity contribution in [3.63, 3.8) is 0 Å². The second kappa shape index (κ2) is 6.70. The molecule has 0 unspecified atom stereocenters. The van der Waals surface area contributed by atoms with Crippen molar-refractivity contribution in [2.75, 3.05) is 0 Å². The van der Waals surface area contributed by atoms with Gasteiger partial charge in [0.25, 0.3) is 20.2 Å². The highest BCUT2D eigenvalue weighted by Gasteiger charge is 2.13. The Morgan fingerprint density at radius 3 is 1.89 bits per heavy atom. The number of phenolic OH excluding ortho intramolecular Hbond substituents is 1. The molecule has 3 aromatic carbocycles. The van der Waals surface area contributed by atoms with E-state index in [4.69, 9.17) is 4.55 Å². The fourth-order valence-corrected chi connectivity index (χ4v) is 3.33. The zero-order chi connectivity index (χ0) is 19.8. The molecule has 0 aromatic heterocycles. The summed E-state index contributed by atoms with van der Waals surface area (Å²) in [6.07, 6.45) is 0. The third-order valence-corrected chi connectivity index (χ3v) is 5.31. The molecule has 3 N–H and O–H groups in total. The zero-order valence-electron chi connectivity index (χ0n) is 13.4. The maximum Gasteiger partial charge on any atom is 0.294 e. The molecule has 9 nitrogen and oxygen atoms in total. The zero-order valence-corrected chi connectivity index (χ0v) is 15.0. The maximum absolute atomic E-state index is 11.3. The van der Waals surface area contributed by atoms with Crippen molar-refractivity contribution in [3.8, 4) is 5.75 Å². The second-order valence-corrected chi connectivity index (χ2v) is 8.33. The summed E-state index contributed by atoms with van der Waals surface area (Å²) < 4.78 is 62.9. The fourth-order valence-electron chi connectivity index (χ4n) is 2.34. The minimum absolute atomic E-state index is 0.127. The van der Waals surface area contributed by atoms with Gasteiger partial charge in [-0.1, -0.05) is 6.07 Å². The molecular weight excluding hydrogens is 396 g/mol. The molecule has 0 fully saturated rings. The van der Waals surface area contributed by atoms with Crippen LogP contribution in [0.5, 0.6) is 5.75 Å². The van der Waals surface area contributed by atoms with Crippen LogP contribution in [0, 0.1) is 0 Å². The number of azo groups is 1. The Kier molecular flexibility index (Phi) is 4.70. The van der Waals surface area contributed by atoms with Crippen LogP contribution in [0.4, 0.5) is 11.4 Å². The Labute approximate surface area is 154 Å². The van der Waals surface area contributed by atoms with Gasteiger partial charge < -0.3 is 5.11 Å². The molecule has 0 aliphatic heterocycles. The Hall–Kier alpha value is -2.86. The lowest BCUT2D eigenvalue weighted by molar-refractivity contribution is 0.476. The van der Waals surface area contributed by atoms with Gasteiger partial charge >= 0.3 is 0 Å². The molecule has 0 aliphatic rings. The molecule has 0 atom stereocenters. The van der Waals surface area contributed by atoms with Crippen LogP contribution >= 0.6 is 0 Å². The van der Waals surface area contributed by atoms with E-state index in [2.05, 4.69) is 10.2 Å². The Morgan fingerprint density at radius 1 is 0.704 bits per heavy atom. The quantitative estimate of drug-likeness (QED) is 0.441. The van der Waals surface area contributed by atoms with Gasteiger partial charge in [-0.3, -0.25) is 9.11 Å². The third-order valence-electron chi connectivity index (χ3n) is 3.59. The van der Waals surface area contributed by atoms with Gasteiger partial charge in [0.05, 0.1) is 21.2 Å². The summed E-state index contributed by atoms with van der Waals surface area (Å²) in [5, 5.41) is 18.5. The van der Waals surface area contributed by atoms with Crippen LogP contribution in [0.2, 0.25) is 0 Å².